The van der Waals surface area contributed by atoms with Gasteiger partial charge in [0.25, 0.3) is 0 Å². The van der Waals surface area contributed by atoms with Gasteiger partial charge in [0.15, 0.2) is 0 Å². The molecule has 0 aromatic rings. The van der Waals surface area contributed by atoms with Crippen molar-refractivity contribution in [1.29, 1.82) is 0 Å². The van der Waals surface area contributed by atoms with E-state index in [1.54, 1.807) is 19.0 Å². The van der Waals surface area contributed by atoms with Crippen molar-refractivity contribution in [2.24, 2.45) is 5.92 Å². The molecule has 0 aromatic carbocycles. The highest BCUT2D eigenvalue weighted by Crippen LogP contribution is 2.19. The first kappa shape index (κ1) is 9.83. The predicted octanol–water partition coefficient (Wildman–Crippen LogP) is 0.0745. The number of carboxylic acid groups (broad SMARTS) is 1. The molecule has 1 aliphatic heterocycles. The number of hydrogen-bond donors (Lipinski definition) is 1. The first-order valence-electron chi connectivity index (χ1n) is 4.18. The monoisotopic (exact) mass is 186 g/mol. The third-order valence-electron chi connectivity index (χ3n) is 2.07. The zero-order chi connectivity index (χ0) is 10.0. The number of hydrogen-bond acceptors (Lipinski definition) is 2. The number of rotatable bonds is 2. The van der Waals surface area contributed by atoms with Crippen LogP contribution in [0.15, 0.2) is 0 Å². The SMILES string of the molecule is CN(C)C(=O)N1CC(CC(=O)O)C1. The molecule has 0 aromatic heterocycles. The molecular formula is C8H14N2O3. The molecule has 13 heavy (non-hydrogen) atoms. The van der Waals surface area contributed by atoms with Crippen LogP contribution >= 0.6 is 0 Å². The summed E-state index contributed by atoms with van der Waals surface area (Å²) in [5.41, 5.74) is 0. The highest BCUT2D eigenvalue weighted by atomic mass is 16.4. The molecule has 0 unspecified atom stereocenters. The van der Waals surface area contributed by atoms with E-state index in [0.717, 1.165) is 0 Å². The summed E-state index contributed by atoms with van der Waals surface area (Å²) >= 11 is 0. The second kappa shape index (κ2) is 3.64. The summed E-state index contributed by atoms with van der Waals surface area (Å²) in [6.45, 7) is 1.15. The number of nitrogens with zero attached hydrogens (tertiary/aromatic N) is 2. The van der Waals surface area contributed by atoms with Crippen molar-refractivity contribution in [3.63, 3.8) is 0 Å². The van der Waals surface area contributed by atoms with E-state index in [1.807, 2.05) is 0 Å². The summed E-state index contributed by atoms with van der Waals surface area (Å²) in [6, 6.07) is -0.0401. The summed E-state index contributed by atoms with van der Waals surface area (Å²) in [7, 11) is 3.37. The summed E-state index contributed by atoms with van der Waals surface area (Å²) in [5, 5.41) is 8.47. The van der Waals surface area contributed by atoms with Crippen LogP contribution in [0.2, 0.25) is 0 Å². The fourth-order valence-corrected chi connectivity index (χ4v) is 1.38. The number of carboxylic acids is 1. The zero-order valence-electron chi connectivity index (χ0n) is 7.86. The molecule has 0 bridgehead atoms. The number of urea groups is 1. The fraction of sp³-hybridized carbons (Fsp3) is 0.750. The molecule has 0 radical (unpaired) electrons. The van der Waals surface area contributed by atoms with Gasteiger partial charge in [0, 0.05) is 33.1 Å². The lowest BCUT2D eigenvalue weighted by Gasteiger charge is -2.39. The topological polar surface area (TPSA) is 60.9 Å². The maximum Gasteiger partial charge on any atom is 0.319 e. The van der Waals surface area contributed by atoms with Crippen LogP contribution in [-0.2, 0) is 4.79 Å². The molecule has 1 aliphatic rings. The van der Waals surface area contributed by atoms with Gasteiger partial charge in [-0.05, 0) is 0 Å². The standard InChI is InChI=1S/C8H14N2O3/c1-9(2)8(13)10-4-6(5-10)3-7(11)12/h6H,3-5H2,1-2H3,(H,11,12). The van der Waals surface area contributed by atoms with E-state index in [2.05, 4.69) is 0 Å². The Morgan fingerprint density at radius 2 is 2.00 bits per heavy atom. The Morgan fingerprint density at radius 3 is 2.38 bits per heavy atom. The van der Waals surface area contributed by atoms with E-state index in [0.29, 0.717) is 13.1 Å². The second-order valence-corrected chi connectivity index (χ2v) is 3.55. The van der Waals surface area contributed by atoms with E-state index in [1.165, 1.54) is 4.90 Å². The van der Waals surface area contributed by atoms with Crippen LogP contribution in [0.5, 0.6) is 0 Å². The molecule has 1 heterocycles. The van der Waals surface area contributed by atoms with E-state index < -0.39 is 5.97 Å². The molecule has 1 fully saturated rings. The summed E-state index contributed by atoms with van der Waals surface area (Å²) in [5.74, 6) is -0.650. The molecule has 0 aliphatic carbocycles. The smallest absolute Gasteiger partial charge is 0.319 e. The molecule has 5 nitrogen and oxygen atoms in total. The van der Waals surface area contributed by atoms with Gasteiger partial charge < -0.3 is 14.9 Å². The highest BCUT2D eigenvalue weighted by molar-refractivity contribution is 5.75. The maximum atomic E-state index is 11.3. The first-order chi connectivity index (χ1) is 6.00. The Morgan fingerprint density at radius 1 is 1.46 bits per heavy atom. The van der Waals surface area contributed by atoms with Crippen LogP contribution in [0, 0.1) is 5.92 Å². The lowest BCUT2D eigenvalue weighted by molar-refractivity contribution is -0.139. The number of aliphatic carboxylic acids is 1. The first-order valence-corrected chi connectivity index (χ1v) is 4.18. The van der Waals surface area contributed by atoms with Gasteiger partial charge in [0.2, 0.25) is 0 Å². The van der Waals surface area contributed by atoms with Gasteiger partial charge in [-0.1, -0.05) is 0 Å². The summed E-state index contributed by atoms with van der Waals surface area (Å²) in [6.07, 6.45) is 0.164. The van der Waals surface area contributed by atoms with E-state index in [9.17, 15) is 9.59 Å². The fourth-order valence-electron chi connectivity index (χ4n) is 1.38. The highest BCUT2D eigenvalue weighted by Gasteiger charge is 2.32. The van der Waals surface area contributed by atoms with Crippen molar-refractivity contribution in [3.05, 3.63) is 0 Å². The normalized spacial score (nSPS) is 16.6. The summed E-state index contributed by atoms with van der Waals surface area (Å²) < 4.78 is 0. The van der Waals surface area contributed by atoms with Crippen molar-refractivity contribution in [2.75, 3.05) is 27.2 Å². The van der Waals surface area contributed by atoms with E-state index >= 15 is 0 Å². The molecule has 1 N–H and O–H groups in total. The molecule has 2 amide bonds. The van der Waals surface area contributed by atoms with Gasteiger partial charge in [0.05, 0.1) is 6.42 Å². The maximum absolute atomic E-state index is 11.3. The molecule has 74 valence electrons. The van der Waals surface area contributed by atoms with Crippen molar-refractivity contribution in [3.8, 4) is 0 Å². The number of carbonyl (C=O) groups is 2. The number of carbonyl (C=O) groups excluding carboxylic acids is 1. The number of likely N-dealkylation sites (tertiary alicyclic amines) is 1. The average molecular weight is 186 g/mol. The van der Waals surface area contributed by atoms with Crippen LogP contribution in [-0.4, -0.2) is 54.1 Å². The Kier molecular flexibility index (Phi) is 2.75. The van der Waals surface area contributed by atoms with Gasteiger partial charge in [-0.3, -0.25) is 4.79 Å². The minimum absolute atomic E-state index is 0.0401. The molecule has 1 rings (SSSR count). The minimum atomic E-state index is -0.790. The van der Waals surface area contributed by atoms with Crippen molar-refractivity contribution >= 4 is 12.0 Å². The largest absolute Gasteiger partial charge is 0.481 e. The van der Waals surface area contributed by atoms with Gasteiger partial charge in [0.1, 0.15) is 0 Å². The molecule has 1 saturated heterocycles. The van der Waals surface area contributed by atoms with Gasteiger partial charge in [-0.15, -0.1) is 0 Å². The quantitative estimate of drug-likeness (QED) is 0.664. The second-order valence-electron chi connectivity index (χ2n) is 3.55. The third kappa shape index (κ3) is 2.34. The Labute approximate surface area is 76.9 Å². The van der Waals surface area contributed by atoms with Crippen LogP contribution in [0.1, 0.15) is 6.42 Å². The van der Waals surface area contributed by atoms with E-state index in [4.69, 9.17) is 5.11 Å². The minimum Gasteiger partial charge on any atom is -0.481 e. The number of amides is 2. The lowest BCUT2D eigenvalue weighted by atomic mass is 9.97. The van der Waals surface area contributed by atoms with E-state index in [-0.39, 0.29) is 18.4 Å². The molecule has 0 spiro atoms. The molecular weight excluding hydrogens is 172 g/mol. The predicted molar refractivity (Wildman–Crippen MR) is 46.4 cm³/mol. The Balaban J connectivity index is 2.25. The van der Waals surface area contributed by atoms with Crippen LogP contribution in [0.25, 0.3) is 0 Å². The van der Waals surface area contributed by atoms with Crippen molar-refractivity contribution in [1.82, 2.24) is 9.80 Å². The summed E-state index contributed by atoms with van der Waals surface area (Å²) in [4.78, 5) is 24.7. The van der Waals surface area contributed by atoms with Crippen molar-refractivity contribution < 1.29 is 14.7 Å². The zero-order valence-corrected chi connectivity index (χ0v) is 7.86. The van der Waals surface area contributed by atoms with Crippen LogP contribution < -0.4 is 0 Å². The van der Waals surface area contributed by atoms with Gasteiger partial charge in [-0.2, -0.15) is 0 Å². The molecule has 0 atom stereocenters. The molecule has 5 heteroatoms. The van der Waals surface area contributed by atoms with Gasteiger partial charge in [-0.25, -0.2) is 4.79 Å². The lowest BCUT2D eigenvalue weighted by Crippen LogP contribution is -2.53. The Bertz CT molecular complexity index is 221. The average Bonchev–Trinajstić information content (AvgIpc) is 1.94. The van der Waals surface area contributed by atoms with Crippen molar-refractivity contribution in [2.45, 2.75) is 6.42 Å². The molecule has 0 saturated carbocycles. The van der Waals surface area contributed by atoms with Crippen LogP contribution in [0.3, 0.4) is 0 Å². The van der Waals surface area contributed by atoms with Crippen LogP contribution in [0.4, 0.5) is 4.79 Å². The van der Waals surface area contributed by atoms with Gasteiger partial charge >= 0.3 is 12.0 Å². The Hall–Kier alpha value is -1.26. The third-order valence-corrected chi connectivity index (χ3v) is 2.07.